The summed E-state index contributed by atoms with van der Waals surface area (Å²) in [5.74, 6) is 1.88. The molecule has 0 aliphatic heterocycles. The molecule has 154 valence electrons. The largest absolute Gasteiger partial charge is 0.493 e. The van der Waals surface area contributed by atoms with Crippen LogP contribution in [0.25, 0.3) is 22.4 Å². The van der Waals surface area contributed by atoms with Gasteiger partial charge in [0.15, 0.2) is 0 Å². The quantitative estimate of drug-likeness (QED) is 0.372. The number of rotatable bonds is 8. The van der Waals surface area contributed by atoms with E-state index in [0.717, 1.165) is 47.7 Å². The van der Waals surface area contributed by atoms with Gasteiger partial charge in [-0.25, -0.2) is 4.98 Å². The van der Waals surface area contributed by atoms with Crippen molar-refractivity contribution in [3.63, 3.8) is 0 Å². The van der Waals surface area contributed by atoms with Crippen molar-refractivity contribution < 1.29 is 4.74 Å². The average molecular weight is 400 g/mol. The van der Waals surface area contributed by atoms with Gasteiger partial charge in [-0.05, 0) is 51.2 Å². The minimum absolute atomic E-state index is 0.710. The van der Waals surface area contributed by atoms with Crippen LogP contribution in [0.2, 0.25) is 0 Å². The van der Waals surface area contributed by atoms with Crippen LogP contribution in [0, 0.1) is 6.92 Å². The Morgan fingerprint density at radius 3 is 2.53 bits per heavy atom. The van der Waals surface area contributed by atoms with E-state index in [9.17, 15) is 0 Å². The van der Waals surface area contributed by atoms with Crippen LogP contribution >= 0.6 is 0 Å². The predicted molar refractivity (Wildman–Crippen MR) is 124 cm³/mol. The Balaban J connectivity index is 1.72. The van der Waals surface area contributed by atoms with E-state index < -0.39 is 0 Å². The summed E-state index contributed by atoms with van der Waals surface area (Å²) in [6, 6.07) is 25.3. The fraction of sp³-hybridized carbons (Fsp3) is 0.269. The number of aryl methyl sites for hydroxylation is 1. The fourth-order valence-corrected chi connectivity index (χ4v) is 3.69. The third-order valence-corrected chi connectivity index (χ3v) is 5.20. The van der Waals surface area contributed by atoms with E-state index >= 15 is 0 Å². The molecule has 4 aromatic rings. The molecule has 4 rings (SSSR count). The molecule has 1 heterocycles. The second-order valence-corrected chi connectivity index (χ2v) is 8.03. The van der Waals surface area contributed by atoms with Crippen molar-refractivity contribution in [2.75, 3.05) is 27.2 Å². The highest BCUT2D eigenvalue weighted by atomic mass is 16.5. The lowest BCUT2D eigenvalue weighted by Gasteiger charge is -2.12. The summed E-state index contributed by atoms with van der Waals surface area (Å²) < 4.78 is 8.33. The maximum Gasteiger partial charge on any atom is 0.141 e. The van der Waals surface area contributed by atoms with Crippen molar-refractivity contribution in [3.05, 3.63) is 83.9 Å². The number of hydrogen-bond acceptors (Lipinski definition) is 3. The lowest BCUT2D eigenvalue weighted by atomic mass is 10.1. The van der Waals surface area contributed by atoms with Gasteiger partial charge in [0, 0.05) is 24.7 Å². The van der Waals surface area contributed by atoms with Gasteiger partial charge in [-0.1, -0.05) is 54.1 Å². The smallest absolute Gasteiger partial charge is 0.141 e. The Labute approximate surface area is 178 Å². The molecule has 0 aliphatic carbocycles. The number of hydrogen-bond donors (Lipinski definition) is 0. The van der Waals surface area contributed by atoms with E-state index in [1.807, 2.05) is 6.07 Å². The van der Waals surface area contributed by atoms with Crippen LogP contribution in [0.5, 0.6) is 5.75 Å². The summed E-state index contributed by atoms with van der Waals surface area (Å²) in [6.45, 7) is 4.62. The van der Waals surface area contributed by atoms with Crippen LogP contribution in [-0.4, -0.2) is 41.7 Å². The minimum Gasteiger partial charge on any atom is -0.493 e. The minimum atomic E-state index is 0.710. The number of imidazole rings is 1. The highest BCUT2D eigenvalue weighted by molar-refractivity contribution is 5.82. The molecule has 30 heavy (non-hydrogen) atoms. The Morgan fingerprint density at radius 1 is 0.933 bits per heavy atom. The van der Waals surface area contributed by atoms with Gasteiger partial charge in [0.25, 0.3) is 0 Å². The first kappa shape index (κ1) is 20.2. The van der Waals surface area contributed by atoms with E-state index in [1.165, 1.54) is 11.1 Å². The van der Waals surface area contributed by atoms with E-state index in [4.69, 9.17) is 9.72 Å². The van der Waals surface area contributed by atoms with Crippen molar-refractivity contribution in [3.8, 4) is 17.1 Å². The zero-order valence-corrected chi connectivity index (χ0v) is 18.0. The second-order valence-electron chi connectivity index (χ2n) is 8.03. The number of aromatic nitrogens is 2. The van der Waals surface area contributed by atoms with Gasteiger partial charge < -0.3 is 14.2 Å². The maximum atomic E-state index is 6.04. The fourth-order valence-electron chi connectivity index (χ4n) is 3.69. The lowest BCUT2D eigenvalue weighted by Crippen LogP contribution is -2.15. The molecule has 0 N–H and O–H groups in total. The van der Waals surface area contributed by atoms with Crippen molar-refractivity contribution in [2.45, 2.75) is 19.9 Å². The average Bonchev–Trinajstić information content (AvgIpc) is 3.10. The summed E-state index contributed by atoms with van der Waals surface area (Å²) in [5.41, 5.74) is 5.71. The Kier molecular flexibility index (Phi) is 6.15. The Morgan fingerprint density at radius 2 is 1.77 bits per heavy atom. The molecule has 0 amide bonds. The molecular formula is C26H29N3O. The zero-order chi connectivity index (χ0) is 20.9. The number of benzene rings is 3. The van der Waals surface area contributed by atoms with Crippen LogP contribution in [0.4, 0.5) is 0 Å². The highest BCUT2D eigenvalue weighted by Gasteiger charge is 2.14. The van der Waals surface area contributed by atoms with Gasteiger partial charge in [0.2, 0.25) is 0 Å². The molecule has 0 fully saturated rings. The van der Waals surface area contributed by atoms with Gasteiger partial charge >= 0.3 is 0 Å². The monoisotopic (exact) mass is 399 g/mol. The number of nitrogens with zero attached hydrogens (tertiary/aromatic N) is 3. The first-order valence-electron chi connectivity index (χ1n) is 10.5. The summed E-state index contributed by atoms with van der Waals surface area (Å²) in [7, 11) is 4.17. The Bertz CT molecular complexity index is 1120. The number of ether oxygens (including phenoxy) is 1. The molecule has 3 aromatic carbocycles. The standard InChI is InChI=1S/C26H29N3O/c1-20-9-7-12-22(17-20)26-27-24-14-13-23(30-16-8-15-28(2)3)18-25(24)29(26)19-21-10-5-4-6-11-21/h4-7,9-14,17-18H,8,15-16,19H2,1-3H3. The summed E-state index contributed by atoms with van der Waals surface area (Å²) in [5, 5.41) is 0. The molecule has 4 heteroatoms. The molecule has 0 spiro atoms. The molecule has 0 aliphatic rings. The molecule has 0 saturated carbocycles. The van der Waals surface area contributed by atoms with E-state index in [1.54, 1.807) is 0 Å². The molecule has 0 bridgehead atoms. The molecule has 0 saturated heterocycles. The third-order valence-electron chi connectivity index (χ3n) is 5.20. The van der Waals surface area contributed by atoms with E-state index in [-0.39, 0.29) is 0 Å². The predicted octanol–water partition coefficient (Wildman–Crippen LogP) is 5.39. The molecule has 0 atom stereocenters. The lowest BCUT2D eigenvalue weighted by molar-refractivity contribution is 0.282. The van der Waals surface area contributed by atoms with Crippen molar-refractivity contribution in [2.24, 2.45) is 0 Å². The van der Waals surface area contributed by atoms with Gasteiger partial charge in [0.05, 0.1) is 17.6 Å². The topological polar surface area (TPSA) is 30.3 Å². The van der Waals surface area contributed by atoms with Gasteiger partial charge in [-0.2, -0.15) is 0 Å². The third kappa shape index (κ3) is 4.71. The van der Waals surface area contributed by atoms with Gasteiger partial charge in [-0.15, -0.1) is 0 Å². The summed E-state index contributed by atoms with van der Waals surface area (Å²) in [6.07, 6.45) is 1.00. The Hall–Kier alpha value is -3.11. The van der Waals surface area contributed by atoms with Gasteiger partial charge in [0.1, 0.15) is 11.6 Å². The van der Waals surface area contributed by atoms with Crippen LogP contribution in [0.15, 0.2) is 72.8 Å². The van der Waals surface area contributed by atoms with Crippen LogP contribution < -0.4 is 4.74 Å². The van der Waals surface area contributed by atoms with E-state index in [2.05, 4.69) is 97.2 Å². The molecule has 0 unspecified atom stereocenters. The maximum absolute atomic E-state index is 6.04. The number of fused-ring (bicyclic) bond motifs is 1. The molecule has 0 radical (unpaired) electrons. The highest BCUT2D eigenvalue weighted by Crippen LogP contribution is 2.29. The zero-order valence-electron chi connectivity index (χ0n) is 18.0. The van der Waals surface area contributed by atoms with Crippen molar-refractivity contribution in [1.82, 2.24) is 14.5 Å². The van der Waals surface area contributed by atoms with Crippen molar-refractivity contribution >= 4 is 11.0 Å². The second kappa shape index (κ2) is 9.14. The normalized spacial score (nSPS) is 11.3. The molecule has 1 aromatic heterocycles. The van der Waals surface area contributed by atoms with E-state index in [0.29, 0.717) is 6.61 Å². The SMILES string of the molecule is Cc1cccc(-c2nc3ccc(OCCCN(C)C)cc3n2Cc2ccccc2)c1. The van der Waals surface area contributed by atoms with Gasteiger partial charge in [-0.3, -0.25) is 0 Å². The summed E-state index contributed by atoms with van der Waals surface area (Å²) >= 11 is 0. The van der Waals surface area contributed by atoms with Crippen LogP contribution in [0.1, 0.15) is 17.5 Å². The van der Waals surface area contributed by atoms with Crippen LogP contribution in [0.3, 0.4) is 0 Å². The summed E-state index contributed by atoms with van der Waals surface area (Å²) in [4.78, 5) is 7.16. The molecule has 4 nitrogen and oxygen atoms in total. The first-order valence-corrected chi connectivity index (χ1v) is 10.5. The van der Waals surface area contributed by atoms with Crippen LogP contribution in [-0.2, 0) is 6.54 Å². The van der Waals surface area contributed by atoms with Crippen molar-refractivity contribution in [1.29, 1.82) is 0 Å². The molecular weight excluding hydrogens is 370 g/mol. The first-order chi connectivity index (χ1) is 14.6.